The molecule has 0 spiro atoms. The molecule has 0 atom stereocenters. The standard InChI is InChI=1S/C29H28N4O4/c34-24-15-18-33(19-16-24)23-9-3-20(4-10-23)28(35)31-21-5-11-25(12-6-21)37-26-13-7-22(8-14-26)32-29(36)27-2-1-17-30-27/h1-14,17,24,30,34H,15-16,18-19H2,(H,31,35)(H,32,36). The zero-order chi connectivity index (χ0) is 25.6. The number of piperidine rings is 1. The minimum Gasteiger partial charge on any atom is -0.457 e. The van der Waals surface area contributed by atoms with Crippen molar-refractivity contribution in [1.82, 2.24) is 4.98 Å². The average Bonchev–Trinajstić information content (AvgIpc) is 3.47. The first-order valence-electron chi connectivity index (χ1n) is 12.2. The first kappa shape index (κ1) is 24.1. The summed E-state index contributed by atoms with van der Waals surface area (Å²) in [5.74, 6) is 0.844. The first-order chi connectivity index (χ1) is 18.0. The van der Waals surface area contributed by atoms with Gasteiger partial charge in [-0.05, 0) is 97.8 Å². The van der Waals surface area contributed by atoms with Crippen LogP contribution < -0.4 is 20.3 Å². The summed E-state index contributed by atoms with van der Waals surface area (Å²) in [5.41, 5.74) is 3.44. The second kappa shape index (κ2) is 11.0. The SMILES string of the molecule is O=C(Nc1ccc(Oc2ccc(NC(=O)c3ccc[nH]3)cc2)cc1)c1ccc(N2CCC(O)CC2)cc1. The van der Waals surface area contributed by atoms with Gasteiger partial charge >= 0.3 is 0 Å². The molecule has 0 bridgehead atoms. The Morgan fingerprint density at radius 1 is 0.784 bits per heavy atom. The predicted octanol–water partition coefficient (Wildman–Crippen LogP) is 5.27. The van der Waals surface area contributed by atoms with Crippen LogP contribution in [0.25, 0.3) is 0 Å². The van der Waals surface area contributed by atoms with Gasteiger partial charge in [0, 0.05) is 41.9 Å². The van der Waals surface area contributed by atoms with E-state index < -0.39 is 0 Å². The molecule has 1 saturated heterocycles. The molecule has 5 rings (SSSR count). The number of amides is 2. The smallest absolute Gasteiger partial charge is 0.272 e. The number of aromatic nitrogens is 1. The third-order valence-corrected chi connectivity index (χ3v) is 6.26. The minimum atomic E-state index is -0.215. The minimum absolute atomic E-state index is 0.189. The maximum Gasteiger partial charge on any atom is 0.272 e. The third kappa shape index (κ3) is 6.17. The molecule has 4 N–H and O–H groups in total. The lowest BCUT2D eigenvalue weighted by atomic mass is 10.1. The molecule has 0 unspecified atom stereocenters. The Labute approximate surface area is 214 Å². The molecule has 3 aromatic carbocycles. The van der Waals surface area contributed by atoms with Gasteiger partial charge in [-0.15, -0.1) is 0 Å². The van der Waals surface area contributed by atoms with E-state index in [9.17, 15) is 14.7 Å². The van der Waals surface area contributed by atoms with E-state index >= 15 is 0 Å². The van der Waals surface area contributed by atoms with Crippen LogP contribution in [0.4, 0.5) is 17.1 Å². The molecule has 1 aromatic heterocycles. The van der Waals surface area contributed by atoms with E-state index in [1.54, 1.807) is 66.9 Å². The Morgan fingerprint density at radius 2 is 1.35 bits per heavy atom. The molecule has 1 aliphatic rings. The van der Waals surface area contributed by atoms with E-state index in [2.05, 4.69) is 20.5 Å². The molecule has 37 heavy (non-hydrogen) atoms. The van der Waals surface area contributed by atoms with E-state index in [1.165, 1.54) is 0 Å². The second-order valence-corrected chi connectivity index (χ2v) is 8.91. The van der Waals surface area contributed by atoms with Gasteiger partial charge in [0.2, 0.25) is 0 Å². The Hall–Kier alpha value is -4.56. The van der Waals surface area contributed by atoms with Crippen LogP contribution in [0.15, 0.2) is 91.1 Å². The molecular formula is C29H28N4O4. The van der Waals surface area contributed by atoms with Crippen molar-refractivity contribution in [3.63, 3.8) is 0 Å². The van der Waals surface area contributed by atoms with Gasteiger partial charge in [0.15, 0.2) is 0 Å². The zero-order valence-corrected chi connectivity index (χ0v) is 20.2. The molecule has 0 radical (unpaired) electrons. The number of hydrogen-bond acceptors (Lipinski definition) is 5. The zero-order valence-electron chi connectivity index (χ0n) is 20.2. The fraction of sp³-hybridized carbons (Fsp3) is 0.172. The fourth-order valence-electron chi connectivity index (χ4n) is 4.17. The highest BCUT2D eigenvalue weighted by molar-refractivity contribution is 6.04. The Bertz CT molecular complexity index is 1330. The van der Waals surface area contributed by atoms with Crippen molar-refractivity contribution in [2.45, 2.75) is 18.9 Å². The summed E-state index contributed by atoms with van der Waals surface area (Å²) in [6.45, 7) is 1.63. The van der Waals surface area contributed by atoms with Crippen LogP contribution in [0.5, 0.6) is 11.5 Å². The number of nitrogens with zero attached hydrogens (tertiary/aromatic N) is 1. The highest BCUT2D eigenvalue weighted by Gasteiger charge is 2.17. The molecule has 4 aromatic rings. The maximum atomic E-state index is 12.7. The number of aliphatic hydroxyl groups is 1. The number of H-pyrrole nitrogens is 1. The summed E-state index contributed by atoms with van der Waals surface area (Å²) in [6, 6.07) is 25.2. The lowest BCUT2D eigenvalue weighted by Gasteiger charge is -2.31. The third-order valence-electron chi connectivity index (χ3n) is 6.26. The van der Waals surface area contributed by atoms with E-state index in [4.69, 9.17) is 4.74 Å². The van der Waals surface area contributed by atoms with Gasteiger partial charge < -0.3 is 30.4 Å². The molecule has 8 nitrogen and oxygen atoms in total. The number of ether oxygens (including phenoxy) is 1. The topological polar surface area (TPSA) is 107 Å². The second-order valence-electron chi connectivity index (χ2n) is 8.91. The van der Waals surface area contributed by atoms with E-state index in [1.807, 2.05) is 24.3 Å². The van der Waals surface area contributed by atoms with E-state index in [0.29, 0.717) is 34.1 Å². The maximum absolute atomic E-state index is 12.7. The number of carbonyl (C=O) groups is 2. The average molecular weight is 497 g/mol. The van der Waals surface area contributed by atoms with Crippen LogP contribution >= 0.6 is 0 Å². The number of hydrogen-bond donors (Lipinski definition) is 4. The normalized spacial score (nSPS) is 13.7. The van der Waals surface area contributed by atoms with Gasteiger partial charge in [-0.3, -0.25) is 9.59 Å². The molecule has 1 aliphatic heterocycles. The van der Waals surface area contributed by atoms with Crippen molar-refractivity contribution in [3.8, 4) is 11.5 Å². The fourth-order valence-corrected chi connectivity index (χ4v) is 4.17. The van der Waals surface area contributed by atoms with Gasteiger partial charge in [-0.25, -0.2) is 0 Å². The van der Waals surface area contributed by atoms with Crippen molar-refractivity contribution in [1.29, 1.82) is 0 Å². The number of benzene rings is 3. The van der Waals surface area contributed by atoms with E-state index in [0.717, 1.165) is 31.6 Å². The van der Waals surface area contributed by atoms with Crippen molar-refractivity contribution in [2.24, 2.45) is 0 Å². The molecular weight excluding hydrogens is 468 g/mol. The largest absolute Gasteiger partial charge is 0.457 e. The summed E-state index contributed by atoms with van der Waals surface area (Å²) in [7, 11) is 0. The summed E-state index contributed by atoms with van der Waals surface area (Å²) in [4.78, 5) is 29.9. The summed E-state index contributed by atoms with van der Waals surface area (Å²) >= 11 is 0. The van der Waals surface area contributed by atoms with Crippen LogP contribution in [0.3, 0.4) is 0 Å². The Kier molecular flexibility index (Phi) is 7.19. The molecule has 0 aliphatic carbocycles. The van der Waals surface area contributed by atoms with Crippen molar-refractivity contribution in [3.05, 3.63) is 102 Å². The van der Waals surface area contributed by atoms with E-state index in [-0.39, 0.29) is 17.9 Å². The summed E-state index contributed by atoms with van der Waals surface area (Å²) < 4.78 is 5.88. The number of aromatic amines is 1. The first-order valence-corrected chi connectivity index (χ1v) is 12.2. The molecule has 188 valence electrons. The number of carbonyl (C=O) groups excluding carboxylic acids is 2. The summed E-state index contributed by atoms with van der Waals surface area (Å²) in [6.07, 6.45) is 3.01. The van der Waals surface area contributed by atoms with Crippen LogP contribution in [-0.2, 0) is 0 Å². The Balaban J connectivity index is 1.13. The molecule has 2 amide bonds. The molecule has 2 heterocycles. The monoisotopic (exact) mass is 496 g/mol. The van der Waals surface area contributed by atoms with Crippen LogP contribution in [0.2, 0.25) is 0 Å². The molecule has 1 fully saturated rings. The van der Waals surface area contributed by atoms with Gasteiger partial charge in [0.25, 0.3) is 11.8 Å². The number of anilines is 3. The lowest BCUT2D eigenvalue weighted by Crippen LogP contribution is -2.35. The number of rotatable bonds is 7. The van der Waals surface area contributed by atoms with Crippen LogP contribution in [-0.4, -0.2) is 41.1 Å². The lowest BCUT2D eigenvalue weighted by molar-refractivity contribution is 0.101. The molecule has 8 heteroatoms. The predicted molar refractivity (Wildman–Crippen MR) is 144 cm³/mol. The van der Waals surface area contributed by atoms with Gasteiger partial charge in [-0.2, -0.15) is 0 Å². The van der Waals surface area contributed by atoms with Gasteiger partial charge in [0.1, 0.15) is 17.2 Å². The van der Waals surface area contributed by atoms with Gasteiger partial charge in [-0.1, -0.05) is 0 Å². The van der Waals surface area contributed by atoms with Gasteiger partial charge in [0.05, 0.1) is 6.10 Å². The van der Waals surface area contributed by atoms with Crippen molar-refractivity contribution < 1.29 is 19.4 Å². The number of nitrogens with one attached hydrogen (secondary N) is 3. The summed E-state index contributed by atoms with van der Waals surface area (Å²) in [5, 5.41) is 15.4. The van der Waals surface area contributed by atoms with Crippen LogP contribution in [0, 0.1) is 0 Å². The van der Waals surface area contributed by atoms with Crippen LogP contribution in [0.1, 0.15) is 33.7 Å². The molecule has 0 saturated carbocycles. The van der Waals surface area contributed by atoms with Crippen molar-refractivity contribution >= 4 is 28.9 Å². The highest BCUT2D eigenvalue weighted by atomic mass is 16.5. The number of aliphatic hydroxyl groups excluding tert-OH is 1. The quantitative estimate of drug-likeness (QED) is 0.279. The Morgan fingerprint density at radius 3 is 1.89 bits per heavy atom. The highest BCUT2D eigenvalue weighted by Crippen LogP contribution is 2.25. The van der Waals surface area contributed by atoms with Crippen molar-refractivity contribution in [2.75, 3.05) is 28.6 Å².